The molecular formula is C44H40N4O4S2. The number of carbonyl (C=O) groups excluding carboxylic acids is 2. The molecule has 2 aliphatic heterocycles. The van der Waals surface area contributed by atoms with Crippen molar-refractivity contribution >= 4 is 76.6 Å². The van der Waals surface area contributed by atoms with Gasteiger partial charge in [0.05, 0.1) is 26.3 Å². The van der Waals surface area contributed by atoms with E-state index in [-0.39, 0.29) is 36.1 Å². The molecule has 10 heteroatoms. The van der Waals surface area contributed by atoms with Crippen molar-refractivity contribution in [3.8, 4) is 0 Å². The molecule has 0 amide bonds. The van der Waals surface area contributed by atoms with Crippen LogP contribution >= 0.6 is 22.7 Å². The van der Waals surface area contributed by atoms with Crippen molar-refractivity contribution in [2.45, 2.75) is 50.9 Å². The first-order valence-electron chi connectivity index (χ1n) is 18.2. The van der Waals surface area contributed by atoms with Crippen molar-refractivity contribution in [1.29, 1.82) is 0 Å². The Morgan fingerprint density at radius 2 is 0.926 bits per heavy atom. The molecule has 4 aromatic heterocycles. The number of aromatic amines is 2. The Bertz CT molecular complexity index is 2530. The Kier molecular flexibility index (Phi) is 8.86. The van der Waals surface area contributed by atoms with Crippen LogP contribution in [0.15, 0.2) is 97.1 Å². The fraction of sp³-hybridized carbons (Fsp3) is 0.227. The van der Waals surface area contributed by atoms with Gasteiger partial charge >= 0.3 is 11.9 Å². The van der Waals surface area contributed by atoms with Crippen molar-refractivity contribution in [1.82, 2.24) is 20.6 Å². The maximum absolute atomic E-state index is 12.4. The summed E-state index contributed by atoms with van der Waals surface area (Å²) in [6.45, 7) is 4.33. The molecule has 10 rings (SSSR count). The Balaban J connectivity index is 0.000000142. The van der Waals surface area contributed by atoms with Crippen LogP contribution in [0.25, 0.3) is 42.0 Å². The Morgan fingerprint density at radius 3 is 1.31 bits per heavy atom. The average Bonchev–Trinajstić information content (AvgIpc) is 3.97. The van der Waals surface area contributed by atoms with Crippen LogP contribution in [0.2, 0.25) is 0 Å². The molecule has 0 aliphatic carbocycles. The number of H-pyrrole nitrogens is 2. The van der Waals surface area contributed by atoms with Crippen LogP contribution in [0.3, 0.4) is 0 Å². The average molecular weight is 753 g/mol. The first-order valence-corrected chi connectivity index (χ1v) is 19.8. The van der Waals surface area contributed by atoms with Gasteiger partial charge in [0.1, 0.15) is 12.1 Å². The van der Waals surface area contributed by atoms with Crippen LogP contribution in [-0.2, 0) is 31.9 Å². The highest BCUT2D eigenvalue weighted by Gasteiger charge is 2.37. The number of aryl methyl sites for hydroxylation is 2. The smallest absolute Gasteiger partial charge is 0.323 e. The van der Waals surface area contributed by atoms with Gasteiger partial charge in [0.2, 0.25) is 0 Å². The van der Waals surface area contributed by atoms with E-state index in [4.69, 9.17) is 9.47 Å². The number of thiophene rings is 2. The van der Waals surface area contributed by atoms with Gasteiger partial charge in [-0.2, -0.15) is 0 Å². The first kappa shape index (κ1) is 34.5. The molecule has 4 aromatic carbocycles. The lowest BCUT2D eigenvalue weighted by Gasteiger charge is -2.30. The largest absolute Gasteiger partial charge is 0.468 e. The number of hydrogen-bond donors (Lipinski definition) is 4. The topological polar surface area (TPSA) is 108 Å². The normalized spacial score (nSPS) is 19.3. The molecule has 0 fully saturated rings. The van der Waals surface area contributed by atoms with E-state index in [1.54, 1.807) is 22.7 Å². The molecule has 0 saturated carbocycles. The van der Waals surface area contributed by atoms with E-state index in [1.165, 1.54) is 77.2 Å². The zero-order valence-corrected chi connectivity index (χ0v) is 32.0. The number of esters is 2. The van der Waals surface area contributed by atoms with Gasteiger partial charge in [0.25, 0.3) is 0 Å². The van der Waals surface area contributed by atoms with Crippen molar-refractivity contribution < 1.29 is 19.1 Å². The SMILES string of the molecule is COC(=O)[C@H]1Cc2c([nH]c3ccccc23)[C@@H](c2sc3ccccc3c2C)N1.COC(=O)[C@H]1Cc2c([nH]c3ccccc23)[C@H](c2sc3ccccc3c2C)N1. The minimum atomic E-state index is -0.351. The third-order valence-corrected chi connectivity index (χ3v) is 13.8. The Morgan fingerprint density at radius 1 is 0.556 bits per heavy atom. The number of fused-ring (bicyclic) bond motifs is 8. The number of benzene rings is 4. The van der Waals surface area contributed by atoms with E-state index < -0.39 is 0 Å². The highest BCUT2D eigenvalue weighted by molar-refractivity contribution is 7.19. The quantitative estimate of drug-likeness (QED) is 0.134. The van der Waals surface area contributed by atoms with Gasteiger partial charge in [-0.25, -0.2) is 0 Å². The molecule has 0 radical (unpaired) electrons. The summed E-state index contributed by atoms with van der Waals surface area (Å²) in [6, 6.07) is 32.7. The van der Waals surface area contributed by atoms with Crippen molar-refractivity contribution in [3.63, 3.8) is 0 Å². The summed E-state index contributed by atoms with van der Waals surface area (Å²) >= 11 is 3.58. The van der Waals surface area contributed by atoms with Gasteiger partial charge in [-0.15, -0.1) is 22.7 Å². The van der Waals surface area contributed by atoms with Gasteiger partial charge in [-0.05, 0) is 71.1 Å². The minimum Gasteiger partial charge on any atom is -0.468 e. The maximum atomic E-state index is 12.4. The van der Waals surface area contributed by atoms with Crippen LogP contribution in [0, 0.1) is 13.8 Å². The number of methoxy groups -OCH3 is 2. The monoisotopic (exact) mass is 752 g/mol. The van der Waals surface area contributed by atoms with Gasteiger partial charge in [0.15, 0.2) is 0 Å². The predicted octanol–water partition coefficient (Wildman–Crippen LogP) is 8.94. The Labute approximate surface area is 320 Å². The summed E-state index contributed by atoms with van der Waals surface area (Å²) in [4.78, 5) is 34.5. The third-order valence-electron chi connectivity index (χ3n) is 11.1. The van der Waals surface area contributed by atoms with E-state index in [9.17, 15) is 9.59 Å². The molecular weight excluding hydrogens is 713 g/mol. The molecule has 54 heavy (non-hydrogen) atoms. The molecule has 2 aliphatic rings. The molecule has 4 N–H and O–H groups in total. The fourth-order valence-electron chi connectivity index (χ4n) is 8.41. The van der Waals surface area contributed by atoms with Crippen molar-refractivity contribution in [3.05, 3.63) is 140 Å². The van der Waals surface area contributed by atoms with E-state index >= 15 is 0 Å². The summed E-state index contributed by atoms with van der Waals surface area (Å²) in [7, 11) is 2.91. The zero-order valence-electron chi connectivity index (χ0n) is 30.4. The maximum Gasteiger partial charge on any atom is 0.323 e. The summed E-state index contributed by atoms with van der Waals surface area (Å²) in [5, 5.41) is 12.0. The molecule has 0 unspecified atom stereocenters. The van der Waals surface area contributed by atoms with Crippen molar-refractivity contribution in [2.24, 2.45) is 0 Å². The number of para-hydroxylation sites is 2. The number of rotatable bonds is 4. The second kappa shape index (κ2) is 13.9. The molecule has 0 saturated heterocycles. The molecule has 8 aromatic rings. The molecule has 8 nitrogen and oxygen atoms in total. The number of hydrogen-bond acceptors (Lipinski definition) is 8. The number of aromatic nitrogens is 2. The van der Waals surface area contributed by atoms with E-state index in [1.807, 2.05) is 24.3 Å². The number of carbonyl (C=O) groups is 2. The number of nitrogens with one attached hydrogen (secondary N) is 4. The molecule has 0 bridgehead atoms. The molecule has 4 atom stereocenters. The highest BCUT2D eigenvalue weighted by Crippen LogP contribution is 2.43. The van der Waals surface area contributed by atoms with Crippen LogP contribution in [0.5, 0.6) is 0 Å². The lowest BCUT2D eigenvalue weighted by Crippen LogP contribution is -2.45. The molecule has 0 spiro atoms. The first-order chi connectivity index (χ1) is 26.3. The lowest BCUT2D eigenvalue weighted by molar-refractivity contribution is -0.144. The van der Waals surface area contributed by atoms with E-state index in [0.717, 1.165) is 22.4 Å². The van der Waals surface area contributed by atoms with E-state index in [2.05, 4.69) is 107 Å². The highest BCUT2D eigenvalue weighted by atomic mass is 32.1. The van der Waals surface area contributed by atoms with Crippen LogP contribution < -0.4 is 10.6 Å². The van der Waals surface area contributed by atoms with Crippen LogP contribution in [-0.4, -0.2) is 48.2 Å². The third kappa shape index (κ3) is 5.72. The minimum absolute atomic E-state index is 0.0531. The standard InChI is InChI=1S/2C22H20N2O2S/c2*1-12-13-7-4-6-10-18(13)27-21(12)20-19-15(11-17(24-20)22(25)26-2)14-8-3-5-9-16(14)23-19/h2*3-10,17,20,23-24H,11H2,1-2H3/t17-,20+;17-,20-/m11/s1. The zero-order chi connectivity index (χ0) is 37.1. The molecule has 272 valence electrons. The second-order valence-corrected chi connectivity index (χ2v) is 16.2. The number of ether oxygens (including phenoxy) is 2. The lowest BCUT2D eigenvalue weighted by atomic mass is 9.92. The van der Waals surface area contributed by atoms with Gasteiger partial charge < -0.3 is 19.4 Å². The van der Waals surface area contributed by atoms with Gasteiger partial charge in [-0.1, -0.05) is 72.8 Å². The Hall–Kier alpha value is -5.26. The predicted molar refractivity (Wildman–Crippen MR) is 219 cm³/mol. The van der Waals surface area contributed by atoms with E-state index in [0.29, 0.717) is 12.8 Å². The summed E-state index contributed by atoms with van der Waals surface area (Å²) < 4.78 is 12.7. The molecule has 6 heterocycles. The summed E-state index contributed by atoms with van der Waals surface area (Å²) in [5.41, 5.74) is 9.49. The fourth-order valence-corrected chi connectivity index (χ4v) is 11.0. The summed E-state index contributed by atoms with van der Waals surface area (Å²) in [6.07, 6.45) is 1.26. The van der Waals surface area contributed by atoms with Gasteiger partial charge in [0, 0.05) is 65.2 Å². The second-order valence-electron chi connectivity index (χ2n) is 14.1. The van der Waals surface area contributed by atoms with Gasteiger partial charge in [-0.3, -0.25) is 20.2 Å². The van der Waals surface area contributed by atoms with Crippen molar-refractivity contribution in [2.75, 3.05) is 14.2 Å². The summed E-state index contributed by atoms with van der Waals surface area (Å²) in [5.74, 6) is -0.426. The van der Waals surface area contributed by atoms with Crippen LogP contribution in [0.4, 0.5) is 0 Å². The van der Waals surface area contributed by atoms with Crippen LogP contribution in [0.1, 0.15) is 55.5 Å².